The van der Waals surface area contributed by atoms with Crippen molar-refractivity contribution in [3.05, 3.63) is 71.3 Å². The van der Waals surface area contributed by atoms with Gasteiger partial charge in [0, 0.05) is 6.54 Å². The predicted octanol–water partition coefficient (Wildman–Crippen LogP) is 4.26. The number of nitriles is 1. The van der Waals surface area contributed by atoms with Gasteiger partial charge in [-0.2, -0.15) is 18.4 Å². The molecule has 1 amide bonds. The van der Waals surface area contributed by atoms with Gasteiger partial charge in [0.05, 0.1) is 11.6 Å². The molecule has 0 aliphatic rings. The molecular formula is C18H15F3N2O2. The topological polar surface area (TPSA) is 53.3 Å². The van der Waals surface area contributed by atoms with E-state index >= 15 is 0 Å². The zero-order valence-corrected chi connectivity index (χ0v) is 13.2. The van der Waals surface area contributed by atoms with Crippen LogP contribution in [0.4, 0.5) is 18.0 Å². The van der Waals surface area contributed by atoms with E-state index in [-0.39, 0.29) is 13.2 Å². The first-order valence-electron chi connectivity index (χ1n) is 7.39. The fourth-order valence-electron chi connectivity index (χ4n) is 2.12. The molecule has 2 aromatic carbocycles. The number of carbonyl (C=O) groups is 1. The average molecular weight is 348 g/mol. The lowest BCUT2D eigenvalue weighted by molar-refractivity contribution is -0.143. The minimum atomic E-state index is -4.54. The number of benzene rings is 2. The van der Waals surface area contributed by atoms with Gasteiger partial charge in [-0.3, -0.25) is 4.90 Å². The maximum Gasteiger partial charge on any atom is 0.410 e. The van der Waals surface area contributed by atoms with Crippen LogP contribution in [-0.4, -0.2) is 23.7 Å². The third kappa shape index (κ3) is 6.18. The van der Waals surface area contributed by atoms with Crippen molar-refractivity contribution in [2.24, 2.45) is 0 Å². The Labute approximate surface area is 143 Å². The van der Waals surface area contributed by atoms with Crippen molar-refractivity contribution < 1.29 is 22.7 Å². The van der Waals surface area contributed by atoms with Gasteiger partial charge in [0.25, 0.3) is 0 Å². The summed E-state index contributed by atoms with van der Waals surface area (Å²) >= 11 is 0. The van der Waals surface area contributed by atoms with Crippen LogP contribution in [0.15, 0.2) is 54.6 Å². The summed E-state index contributed by atoms with van der Waals surface area (Å²) in [5.41, 5.74) is 1.54. The summed E-state index contributed by atoms with van der Waals surface area (Å²) in [4.78, 5) is 12.7. The number of carbonyl (C=O) groups excluding carboxylic acids is 1. The average Bonchev–Trinajstić information content (AvgIpc) is 2.59. The van der Waals surface area contributed by atoms with Crippen LogP contribution in [0.5, 0.6) is 0 Å². The summed E-state index contributed by atoms with van der Waals surface area (Å²) in [7, 11) is 0. The van der Waals surface area contributed by atoms with Crippen LogP contribution >= 0.6 is 0 Å². The summed E-state index contributed by atoms with van der Waals surface area (Å²) in [6, 6.07) is 16.6. The highest BCUT2D eigenvalue weighted by molar-refractivity contribution is 5.67. The van der Waals surface area contributed by atoms with Crippen LogP contribution in [-0.2, 0) is 17.9 Å². The monoisotopic (exact) mass is 348 g/mol. The Balaban J connectivity index is 2.05. The quantitative estimate of drug-likeness (QED) is 0.811. The predicted molar refractivity (Wildman–Crippen MR) is 84.2 cm³/mol. The highest BCUT2D eigenvalue weighted by Crippen LogP contribution is 2.19. The summed E-state index contributed by atoms with van der Waals surface area (Å²) in [5.74, 6) is 0. The number of nitrogens with zero attached hydrogens (tertiary/aromatic N) is 2. The second kappa shape index (κ2) is 8.20. The van der Waals surface area contributed by atoms with Crippen molar-refractivity contribution in [2.75, 3.05) is 6.54 Å². The van der Waals surface area contributed by atoms with Gasteiger partial charge in [0.2, 0.25) is 0 Å². The van der Waals surface area contributed by atoms with Gasteiger partial charge in [-0.15, -0.1) is 0 Å². The van der Waals surface area contributed by atoms with Crippen molar-refractivity contribution in [3.8, 4) is 6.07 Å². The standard InChI is InChI=1S/C18H15F3N2O2/c19-18(20,21)13-23(11-15-8-6-14(10-22)7-9-15)17(24)25-12-16-4-2-1-3-5-16/h1-9H,11-13H2. The first-order chi connectivity index (χ1) is 11.9. The molecule has 2 aromatic rings. The van der Waals surface area contributed by atoms with Crippen molar-refractivity contribution in [1.82, 2.24) is 4.90 Å². The molecule has 0 radical (unpaired) electrons. The molecule has 7 heteroatoms. The Morgan fingerprint density at radius 1 is 1.04 bits per heavy atom. The number of ether oxygens (including phenoxy) is 1. The highest BCUT2D eigenvalue weighted by atomic mass is 19.4. The minimum Gasteiger partial charge on any atom is -0.445 e. The Bertz CT molecular complexity index is 738. The van der Waals surface area contributed by atoms with Crippen LogP contribution in [0, 0.1) is 11.3 Å². The number of halogens is 3. The van der Waals surface area contributed by atoms with E-state index in [1.165, 1.54) is 24.3 Å². The molecule has 4 nitrogen and oxygen atoms in total. The number of alkyl halides is 3. The maximum atomic E-state index is 12.8. The van der Waals surface area contributed by atoms with E-state index in [4.69, 9.17) is 10.00 Å². The number of rotatable bonds is 5. The zero-order valence-electron chi connectivity index (χ0n) is 13.2. The molecule has 0 fully saturated rings. The molecule has 2 rings (SSSR count). The van der Waals surface area contributed by atoms with Crippen LogP contribution in [0.25, 0.3) is 0 Å². The fourth-order valence-corrected chi connectivity index (χ4v) is 2.12. The lowest BCUT2D eigenvalue weighted by Crippen LogP contribution is -2.38. The molecule has 0 aliphatic carbocycles. The van der Waals surface area contributed by atoms with Gasteiger partial charge in [0.15, 0.2) is 0 Å². The van der Waals surface area contributed by atoms with E-state index in [1.54, 1.807) is 30.3 Å². The molecule has 25 heavy (non-hydrogen) atoms. The highest BCUT2D eigenvalue weighted by Gasteiger charge is 2.33. The summed E-state index contributed by atoms with van der Waals surface area (Å²) in [6.45, 7) is -1.79. The molecule has 0 N–H and O–H groups in total. The molecule has 0 aliphatic heterocycles. The first-order valence-corrected chi connectivity index (χ1v) is 7.39. The second-order valence-electron chi connectivity index (χ2n) is 5.32. The largest absolute Gasteiger partial charge is 0.445 e. The Morgan fingerprint density at radius 2 is 1.68 bits per heavy atom. The fraction of sp³-hybridized carbons (Fsp3) is 0.222. The molecule has 0 atom stereocenters. The Morgan fingerprint density at radius 3 is 2.24 bits per heavy atom. The summed E-state index contributed by atoms with van der Waals surface area (Å²) in [5, 5.41) is 8.75. The lowest BCUT2D eigenvalue weighted by Gasteiger charge is -2.23. The molecule has 0 saturated heterocycles. The van der Waals surface area contributed by atoms with Crippen molar-refractivity contribution >= 4 is 6.09 Å². The molecule has 130 valence electrons. The van der Waals surface area contributed by atoms with Crippen molar-refractivity contribution in [2.45, 2.75) is 19.3 Å². The third-order valence-corrected chi connectivity index (χ3v) is 3.29. The normalized spacial score (nSPS) is 10.8. The molecular weight excluding hydrogens is 333 g/mol. The van der Waals surface area contributed by atoms with Crippen LogP contribution < -0.4 is 0 Å². The van der Waals surface area contributed by atoms with Crippen LogP contribution in [0.3, 0.4) is 0 Å². The lowest BCUT2D eigenvalue weighted by atomic mass is 10.1. The number of amides is 1. The van der Waals surface area contributed by atoms with Gasteiger partial charge < -0.3 is 4.74 Å². The van der Waals surface area contributed by atoms with Crippen LogP contribution in [0.2, 0.25) is 0 Å². The van der Waals surface area contributed by atoms with E-state index in [1.807, 2.05) is 6.07 Å². The molecule has 0 aromatic heterocycles. The van der Waals surface area contributed by atoms with Gasteiger partial charge in [-0.25, -0.2) is 4.79 Å². The van der Waals surface area contributed by atoms with Crippen molar-refractivity contribution in [1.29, 1.82) is 5.26 Å². The molecule has 0 heterocycles. The molecule has 0 saturated carbocycles. The van der Waals surface area contributed by atoms with E-state index in [0.29, 0.717) is 21.6 Å². The van der Waals surface area contributed by atoms with Gasteiger partial charge in [-0.1, -0.05) is 42.5 Å². The van der Waals surface area contributed by atoms with E-state index < -0.39 is 18.8 Å². The SMILES string of the molecule is N#Cc1ccc(CN(CC(F)(F)F)C(=O)OCc2ccccc2)cc1. The maximum absolute atomic E-state index is 12.8. The molecule has 0 unspecified atom stereocenters. The third-order valence-electron chi connectivity index (χ3n) is 3.29. The second-order valence-corrected chi connectivity index (χ2v) is 5.32. The molecule has 0 bridgehead atoms. The Kier molecular flexibility index (Phi) is 6.01. The smallest absolute Gasteiger partial charge is 0.410 e. The van der Waals surface area contributed by atoms with E-state index in [2.05, 4.69) is 0 Å². The van der Waals surface area contributed by atoms with Gasteiger partial charge >= 0.3 is 12.3 Å². The Hall–Kier alpha value is -3.01. The number of hydrogen-bond acceptors (Lipinski definition) is 3. The van der Waals surface area contributed by atoms with E-state index in [9.17, 15) is 18.0 Å². The summed E-state index contributed by atoms with van der Waals surface area (Å²) < 4.78 is 43.3. The van der Waals surface area contributed by atoms with Gasteiger partial charge in [-0.05, 0) is 23.3 Å². The number of hydrogen-bond donors (Lipinski definition) is 0. The first kappa shape index (κ1) is 18.3. The van der Waals surface area contributed by atoms with Crippen LogP contribution in [0.1, 0.15) is 16.7 Å². The van der Waals surface area contributed by atoms with Crippen molar-refractivity contribution in [3.63, 3.8) is 0 Å². The van der Waals surface area contributed by atoms with Gasteiger partial charge in [0.1, 0.15) is 13.2 Å². The summed E-state index contributed by atoms with van der Waals surface area (Å²) in [6.07, 6.45) is -5.59. The van der Waals surface area contributed by atoms with E-state index in [0.717, 1.165) is 0 Å². The zero-order chi connectivity index (χ0) is 18.3. The molecule has 0 spiro atoms. The minimum absolute atomic E-state index is 0.110.